The lowest BCUT2D eigenvalue weighted by atomic mass is 10.1. The Labute approximate surface area is 140 Å². The zero-order chi connectivity index (χ0) is 17.3. The summed E-state index contributed by atoms with van der Waals surface area (Å²) in [6.07, 6.45) is 5.54. The van der Waals surface area contributed by atoms with Gasteiger partial charge in [0.1, 0.15) is 12.8 Å². The summed E-state index contributed by atoms with van der Waals surface area (Å²) in [5, 5.41) is 14.2. The number of hydrogen-bond acceptors (Lipinski definition) is 5. The molecule has 1 aromatic carbocycles. The van der Waals surface area contributed by atoms with Gasteiger partial charge in [0.2, 0.25) is 0 Å². The summed E-state index contributed by atoms with van der Waals surface area (Å²) in [5.41, 5.74) is 16.0. The summed E-state index contributed by atoms with van der Waals surface area (Å²) in [7, 11) is 1.96. The van der Waals surface area contributed by atoms with Gasteiger partial charge in [0.15, 0.2) is 18.2 Å². The molecule has 24 heavy (non-hydrogen) atoms. The third-order valence-electron chi connectivity index (χ3n) is 3.81. The Morgan fingerprint density at radius 2 is 2.08 bits per heavy atom. The summed E-state index contributed by atoms with van der Waals surface area (Å²) >= 11 is 0. The largest absolute Gasteiger partial charge is 0.398 e. The van der Waals surface area contributed by atoms with E-state index in [-0.39, 0.29) is 5.84 Å². The van der Waals surface area contributed by atoms with Crippen LogP contribution in [0, 0.1) is 12.3 Å². The van der Waals surface area contributed by atoms with E-state index in [0.717, 1.165) is 11.1 Å². The van der Waals surface area contributed by atoms with Crippen LogP contribution in [0.25, 0.3) is 0 Å². The predicted octanol–water partition coefficient (Wildman–Crippen LogP) is 1.54. The third kappa shape index (κ3) is 3.10. The number of aryl methyl sites for hydroxylation is 2. The van der Waals surface area contributed by atoms with Crippen LogP contribution in [0.5, 0.6) is 0 Å². The Kier molecular flexibility index (Phi) is 3.99. The molecule has 2 aromatic rings. The minimum absolute atomic E-state index is 0.246. The number of aliphatic imine (C=N–C) groups is 1. The number of hydrazone groups is 1. The summed E-state index contributed by atoms with van der Waals surface area (Å²) in [4.78, 5) is 4.47. The molecule has 0 radical (unpaired) electrons. The van der Waals surface area contributed by atoms with Crippen molar-refractivity contribution in [3.63, 3.8) is 0 Å². The molecular formula is C17H20N7+. The Bertz CT molecular complexity index is 867. The maximum absolute atomic E-state index is 8.28. The third-order valence-corrected chi connectivity index (χ3v) is 3.81. The first-order chi connectivity index (χ1) is 11.4. The van der Waals surface area contributed by atoms with E-state index in [1.807, 2.05) is 49.1 Å². The van der Waals surface area contributed by atoms with Gasteiger partial charge in [-0.25, -0.2) is 14.6 Å². The van der Waals surface area contributed by atoms with Crippen LogP contribution in [-0.4, -0.2) is 22.8 Å². The maximum Gasteiger partial charge on any atom is 0.173 e. The highest BCUT2D eigenvalue weighted by Crippen LogP contribution is 2.28. The summed E-state index contributed by atoms with van der Waals surface area (Å²) in [6.45, 7) is 2.41. The molecular weight excluding hydrogens is 302 g/mol. The Morgan fingerprint density at radius 1 is 1.29 bits per heavy atom. The summed E-state index contributed by atoms with van der Waals surface area (Å²) < 4.78 is 1.96. The second kappa shape index (κ2) is 6.11. The van der Waals surface area contributed by atoms with Gasteiger partial charge in [0.05, 0.1) is 24.1 Å². The van der Waals surface area contributed by atoms with Crippen LogP contribution in [-0.2, 0) is 13.6 Å². The van der Waals surface area contributed by atoms with Gasteiger partial charge in [-0.1, -0.05) is 0 Å². The monoisotopic (exact) mass is 322 g/mol. The average Bonchev–Trinajstić information content (AvgIpc) is 2.86. The molecule has 3 rings (SSSR count). The van der Waals surface area contributed by atoms with E-state index in [2.05, 4.69) is 10.1 Å². The molecule has 0 fully saturated rings. The number of nitrogens with two attached hydrogens (primary N) is 2. The minimum atomic E-state index is 0.246. The van der Waals surface area contributed by atoms with Crippen molar-refractivity contribution in [2.75, 3.05) is 11.5 Å². The van der Waals surface area contributed by atoms with Gasteiger partial charge in [0, 0.05) is 17.3 Å². The Balaban J connectivity index is 1.82. The number of anilines is 2. The number of amidine groups is 1. The van der Waals surface area contributed by atoms with Crippen molar-refractivity contribution in [1.82, 2.24) is 5.01 Å². The van der Waals surface area contributed by atoms with Crippen molar-refractivity contribution in [3.05, 3.63) is 47.8 Å². The zero-order valence-corrected chi connectivity index (χ0v) is 13.7. The molecule has 0 spiro atoms. The fraction of sp³-hybridized carbons (Fsp3) is 0.176. The van der Waals surface area contributed by atoms with Gasteiger partial charge in [-0.15, -0.1) is 0 Å². The first kappa shape index (κ1) is 15.7. The molecule has 7 nitrogen and oxygen atoms in total. The zero-order valence-electron chi connectivity index (χ0n) is 13.7. The highest BCUT2D eigenvalue weighted by Gasteiger charge is 2.21. The molecule has 2 heterocycles. The smallest absolute Gasteiger partial charge is 0.173 e. The highest BCUT2D eigenvalue weighted by molar-refractivity contribution is 6.63. The Hall–Kier alpha value is -3.22. The summed E-state index contributed by atoms with van der Waals surface area (Å²) in [5.74, 6) is 0.246. The lowest BCUT2D eigenvalue weighted by molar-refractivity contribution is -0.672. The normalized spacial score (nSPS) is 15.5. The molecule has 0 aliphatic carbocycles. The van der Waals surface area contributed by atoms with Gasteiger partial charge in [-0.2, -0.15) is 5.10 Å². The second-order valence-corrected chi connectivity index (χ2v) is 5.79. The van der Waals surface area contributed by atoms with Gasteiger partial charge < -0.3 is 11.5 Å². The Morgan fingerprint density at radius 3 is 2.83 bits per heavy atom. The van der Waals surface area contributed by atoms with Gasteiger partial charge in [-0.05, 0) is 30.7 Å². The molecule has 0 unspecified atom stereocenters. The van der Waals surface area contributed by atoms with Crippen molar-refractivity contribution in [2.24, 2.45) is 17.1 Å². The van der Waals surface area contributed by atoms with Crippen molar-refractivity contribution in [2.45, 2.75) is 13.5 Å². The molecule has 0 amide bonds. The van der Waals surface area contributed by atoms with Crippen LogP contribution in [0.15, 0.2) is 46.8 Å². The molecule has 1 aromatic heterocycles. The van der Waals surface area contributed by atoms with Crippen LogP contribution in [0.3, 0.4) is 0 Å². The fourth-order valence-electron chi connectivity index (χ4n) is 2.45. The van der Waals surface area contributed by atoms with E-state index in [1.54, 1.807) is 17.3 Å². The van der Waals surface area contributed by atoms with Crippen molar-refractivity contribution < 1.29 is 4.57 Å². The molecule has 5 N–H and O–H groups in total. The van der Waals surface area contributed by atoms with E-state index >= 15 is 0 Å². The van der Waals surface area contributed by atoms with Crippen LogP contribution in [0.4, 0.5) is 17.1 Å². The van der Waals surface area contributed by atoms with E-state index in [1.165, 1.54) is 0 Å². The molecule has 1 aliphatic heterocycles. The first-order valence-corrected chi connectivity index (χ1v) is 7.53. The van der Waals surface area contributed by atoms with Gasteiger partial charge >= 0.3 is 0 Å². The minimum Gasteiger partial charge on any atom is -0.398 e. The molecule has 0 bridgehead atoms. The van der Waals surface area contributed by atoms with Crippen LogP contribution < -0.4 is 16.0 Å². The number of pyridine rings is 1. The molecule has 1 aliphatic rings. The lowest BCUT2D eigenvalue weighted by Gasteiger charge is -2.13. The SMILES string of the molecule is Cc1cc(N=C2C=NN(Cc3ccc[n+](C)c3)C2=N)c(N)cc1N. The number of nitrogen functional groups attached to an aromatic ring is 2. The van der Waals surface area contributed by atoms with E-state index in [9.17, 15) is 0 Å². The second-order valence-electron chi connectivity index (χ2n) is 5.79. The van der Waals surface area contributed by atoms with Crippen LogP contribution in [0.2, 0.25) is 0 Å². The topological polar surface area (TPSA) is 108 Å². The van der Waals surface area contributed by atoms with E-state index in [4.69, 9.17) is 16.9 Å². The standard InChI is InChI=1S/C17H20N7/c1-11-6-15(14(19)7-13(11)18)22-16-8-21-24(17(16)20)10-12-4-3-5-23(2)9-12/h3-9,20H,10,18-19H2,1-2H3/q+1. The number of benzene rings is 1. The van der Waals surface area contributed by atoms with Gasteiger partial charge in [-0.3, -0.25) is 5.41 Å². The molecule has 122 valence electrons. The number of aromatic nitrogens is 1. The van der Waals surface area contributed by atoms with Crippen molar-refractivity contribution in [3.8, 4) is 0 Å². The molecule has 7 heteroatoms. The first-order valence-electron chi connectivity index (χ1n) is 7.53. The fourth-order valence-corrected chi connectivity index (χ4v) is 2.45. The quantitative estimate of drug-likeness (QED) is 0.589. The highest BCUT2D eigenvalue weighted by atomic mass is 15.5. The van der Waals surface area contributed by atoms with Gasteiger partial charge in [0.25, 0.3) is 0 Å². The van der Waals surface area contributed by atoms with Crippen molar-refractivity contribution in [1.29, 1.82) is 5.41 Å². The lowest BCUT2D eigenvalue weighted by Crippen LogP contribution is -2.30. The number of hydrogen-bond donors (Lipinski definition) is 3. The molecule has 0 saturated heterocycles. The molecule has 0 atom stereocenters. The van der Waals surface area contributed by atoms with Crippen molar-refractivity contribution >= 4 is 34.8 Å². The number of nitrogens with one attached hydrogen (secondary N) is 1. The summed E-state index contributed by atoms with van der Waals surface area (Å²) in [6, 6.07) is 7.47. The maximum atomic E-state index is 8.28. The van der Waals surface area contributed by atoms with Crippen LogP contribution in [0.1, 0.15) is 11.1 Å². The van der Waals surface area contributed by atoms with Crippen LogP contribution >= 0.6 is 0 Å². The predicted molar refractivity (Wildman–Crippen MR) is 96.5 cm³/mol. The van der Waals surface area contributed by atoms with E-state index in [0.29, 0.717) is 29.3 Å². The number of rotatable bonds is 3. The average molecular weight is 322 g/mol. The van der Waals surface area contributed by atoms with E-state index < -0.39 is 0 Å². The number of nitrogens with zero attached hydrogens (tertiary/aromatic N) is 4. The molecule has 0 saturated carbocycles.